The average Bonchev–Trinajstić information content (AvgIpc) is 2.98. The number of hydrogen-bond acceptors (Lipinski definition) is 4. The van der Waals surface area contributed by atoms with Crippen molar-refractivity contribution in [3.63, 3.8) is 0 Å². The van der Waals surface area contributed by atoms with Gasteiger partial charge in [0.1, 0.15) is 5.69 Å². The third-order valence-electron chi connectivity index (χ3n) is 2.74. The van der Waals surface area contributed by atoms with Crippen molar-refractivity contribution in [2.75, 3.05) is 27.2 Å². The Balaban J connectivity index is 0.00000200. The maximum Gasteiger partial charge on any atom is 0.272 e. The first-order valence-corrected chi connectivity index (χ1v) is 6.09. The van der Waals surface area contributed by atoms with Crippen LogP contribution < -0.4 is 5.32 Å². The number of pyridine rings is 1. The second-order valence-corrected chi connectivity index (χ2v) is 4.16. The van der Waals surface area contributed by atoms with E-state index in [0.29, 0.717) is 18.1 Å². The third kappa shape index (κ3) is 5.00. The highest BCUT2D eigenvalue weighted by atomic mass is 35.5. The number of halogens is 2. The highest BCUT2D eigenvalue weighted by Crippen LogP contribution is 2.06. The van der Waals surface area contributed by atoms with Gasteiger partial charge >= 0.3 is 0 Å². The minimum Gasteiger partial charge on any atom is -0.339 e. The normalized spacial score (nSPS) is 9.43. The van der Waals surface area contributed by atoms with Crippen LogP contribution in [0.2, 0.25) is 0 Å². The summed E-state index contributed by atoms with van der Waals surface area (Å²) in [6.45, 7) is 1.39. The number of carbonyl (C=O) groups excluding carboxylic acids is 1. The quantitative estimate of drug-likeness (QED) is 0.899. The van der Waals surface area contributed by atoms with Crippen LogP contribution in [0.1, 0.15) is 10.5 Å². The van der Waals surface area contributed by atoms with E-state index in [1.165, 1.54) is 0 Å². The zero-order valence-corrected chi connectivity index (χ0v) is 13.5. The lowest BCUT2D eigenvalue weighted by Gasteiger charge is -2.16. The van der Waals surface area contributed by atoms with Crippen molar-refractivity contribution in [3.8, 4) is 5.82 Å². The highest BCUT2D eigenvalue weighted by molar-refractivity contribution is 5.92. The molecule has 2 aromatic heterocycles. The molecule has 0 aliphatic rings. The van der Waals surface area contributed by atoms with E-state index in [0.717, 1.165) is 6.54 Å². The van der Waals surface area contributed by atoms with Crippen LogP contribution in [0.15, 0.2) is 36.7 Å². The van der Waals surface area contributed by atoms with Crippen molar-refractivity contribution in [3.05, 3.63) is 42.4 Å². The van der Waals surface area contributed by atoms with Gasteiger partial charge in [-0.25, -0.2) is 9.67 Å². The van der Waals surface area contributed by atoms with Gasteiger partial charge in [0.25, 0.3) is 5.91 Å². The van der Waals surface area contributed by atoms with Crippen molar-refractivity contribution in [1.29, 1.82) is 0 Å². The molecule has 1 amide bonds. The topological polar surface area (TPSA) is 63.1 Å². The Labute approximate surface area is 136 Å². The molecule has 0 radical (unpaired) electrons. The summed E-state index contributed by atoms with van der Waals surface area (Å²) in [4.78, 5) is 18.2. The van der Waals surface area contributed by atoms with Gasteiger partial charge in [0, 0.05) is 32.5 Å². The largest absolute Gasteiger partial charge is 0.339 e. The van der Waals surface area contributed by atoms with E-state index in [4.69, 9.17) is 0 Å². The molecule has 0 aliphatic carbocycles. The Hall–Kier alpha value is -1.63. The first-order chi connectivity index (χ1) is 9.22. The fourth-order valence-electron chi connectivity index (χ4n) is 1.65. The SMILES string of the molecule is CNCCN(C)C(=O)c1cccc(-n2cccn2)n1.Cl.Cl. The van der Waals surface area contributed by atoms with Gasteiger partial charge in [-0.15, -0.1) is 24.8 Å². The van der Waals surface area contributed by atoms with Gasteiger partial charge in [-0.05, 0) is 25.2 Å². The molecule has 0 bridgehead atoms. The highest BCUT2D eigenvalue weighted by Gasteiger charge is 2.13. The standard InChI is InChI=1S/C13H17N5O.2ClH/c1-14-8-10-17(2)13(19)11-5-3-6-12(16-11)18-9-4-7-15-18;;/h3-7,9,14H,8,10H2,1-2H3;2*1H. The Morgan fingerprint density at radius 3 is 2.71 bits per heavy atom. The number of nitrogens with zero attached hydrogens (tertiary/aromatic N) is 4. The molecule has 0 saturated heterocycles. The Morgan fingerprint density at radius 1 is 1.33 bits per heavy atom. The lowest BCUT2D eigenvalue weighted by Crippen LogP contribution is -2.33. The second kappa shape index (κ2) is 9.33. The first-order valence-electron chi connectivity index (χ1n) is 6.09. The average molecular weight is 332 g/mol. The van der Waals surface area contributed by atoms with E-state index in [-0.39, 0.29) is 30.7 Å². The zero-order chi connectivity index (χ0) is 13.7. The van der Waals surface area contributed by atoms with E-state index in [1.54, 1.807) is 35.1 Å². The molecule has 0 unspecified atom stereocenters. The fraction of sp³-hybridized carbons (Fsp3) is 0.308. The number of nitrogens with one attached hydrogen (secondary N) is 1. The molecule has 0 fully saturated rings. The van der Waals surface area contributed by atoms with Crippen LogP contribution in [-0.2, 0) is 0 Å². The smallest absolute Gasteiger partial charge is 0.272 e. The van der Waals surface area contributed by atoms with Gasteiger partial charge in [0.15, 0.2) is 5.82 Å². The molecule has 0 aromatic carbocycles. The summed E-state index contributed by atoms with van der Waals surface area (Å²) in [6, 6.07) is 7.15. The Bertz CT molecular complexity index is 547. The van der Waals surface area contributed by atoms with E-state index in [9.17, 15) is 4.79 Å². The summed E-state index contributed by atoms with van der Waals surface area (Å²) >= 11 is 0. The van der Waals surface area contributed by atoms with Gasteiger partial charge in [-0.3, -0.25) is 4.79 Å². The van der Waals surface area contributed by atoms with E-state index >= 15 is 0 Å². The molecule has 2 heterocycles. The van der Waals surface area contributed by atoms with Crippen molar-refractivity contribution in [1.82, 2.24) is 25.0 Å². The van der Waals surface area contributed by atoms with E-state index in [2.05, 4.69) is 15.4 Å². The summed E-state index contributed by atoms with van der Waals surface area (Å²) in [7, 11) is 3.62. The fourth-order valence-corrected chi connectivity index (χ4v) is 1.65. The Kier molecular flexibility index (Phi) is 8.61. The minimum atomic E-state index is -0.0933. The molecule has 1 N–H and O–H groups in total. The van der Waals surface area contributed by atoms with Crippen LogP contribution in [0.25, 0.3) is 5.82 Å². The Morgan fingerprint density at radius 2 is 2.10 bits per heavy atom. The summed E-state index contributed by atoms with van der Waals surface area (Å²) in [5, 5.41) is 7.11. The number of rotatable bonds is 5. The van der Waals surface area contributed by atoms with Gasteiger partial charge in [0.2, 0.25) is 0 Å². The van der Waals surface area contributed by atoms with E-state index in [1.807, 2.05) is 25.2 Å². The molecule has 6 nitrogen and oxygen atoms in total. The van der Waals surface area contributed by atoms with Gasteiger partial charge < -0.3 is 10.2 Å². The lowest BCUT2D eigenvalue weighted by molar-refractivity contribution is 0.0791. The van der Waals surface area contributed by atoms with Crippen molar-refractivity contribution < 1.29 is 4.79 Å². The molecule has 0 atom stereocenters. The van der Waals surface area contributed by atoms with Crippen molar-refractivity contribution in [2.24, 2.45) is 0 Å². The van der Waals surface area contributed by atoms with Gasteiger partial charge in [0.05, 0.1) is 0 Å². The van der Waals surface area contributed by atoms with Crippen LogP contribution in [-0.4, -0.2) is 52.8 Å². The maximum atomic E-state index is 12.2. The van der Waals surface area contributed by atoms with Gasteiger partial charge in [-0.1, -0.05) is 6.07 Å². The number of carbonyl (C=O) groups is 1. The molecule has 116 valence electrons. The van der Waals surface area contributed by atoms with Crippen LogP contribution in [0.4, 0.5) is 0 Å². The second-order valence-electron chi connectivity index (χ2n) is 4.16. The predicted molar refractivity (Wildman–Crippen MR) is 86.7 cm³/mol. The lowest BCUT2D eigenvalue weighted by atomic mass is 10.3. The molecule has 0 spiro atoms. The van der Waals surface area contributed by atoms with Crippen LogP contribution in [0, 0.1) is 0 Å². The number of amides is 1. The molecular formula is C13H19Cl2N5O. The molecule has 8 heteroatoms. The first kappa shape index (κ1) is 19.4. The number of likely N-dealkylation sites (N-methyl/N-ethyl adjacent to an activating group) is 2. The summed E-state index contributed by atoms with van der Waals surface area (Å²) in [5.74, 6) is 0.544. The molecule has 0 saturated carbocycles. The molecule has 2 aromatic rings. The molecular weight excluding hydrogens is 313 g/mol. The number of aromatic nitrogens is 3. The summed E-state index contributed by atoms with van der Waals surface area (Å²) < 4.78 is 1.63. The van der Waals surface area contributed by atoms with Gasteiger partial charge in [-0.2, -0.15) is 5.10 Å². The maximum absolute atomic E-state index is 12.2. The van der Waals surface area contributed by atoms with Crippen LogP contribution >= 0.6 is 24.8 Å². The summed E-state index contributed by atoms with van der Waals surface area (Å²) in [5.41, 5.74) is 0.423. The number of hydrogen-bond donors (Lipinski definition) is 1. The third-order valence-corrected chi connectivity index (χ3v) is 2.74. The monoisotopic (exact) mass is 331 g/mol. The molecule has 2 rings (SSSR count). The minimum absolute atomic E-state index is 0. The molecule has 21 heavy (non-hydrogen) atoms. The van der Waals surface area contributed by atoms with E-state index < -0.39 is 0 Å². The van der Waals surface area contributed by atoms with Crippen LogP contribution in [0.3, 0.4) is 0 Å². The zero-order valence-electron chi connectivity index (χ0n) is 11.9. The van der Waals surface area contributed by atoms with Crippen molar-refractivity contribution >= 4 is 30.7 Å². The summed E-state index contributed by atoms with van der Waals surface area (Å²) in [6.07, 6.45) is 3.47. The predicted octanol–water partition coefficient (Wildman–Crippen LogP) is 1.40. The molecule has 0 aliphatic heterocycles. The van der Waals surface area contributed by atoms with Crippen molar-refractivity contribution in [2.45, 2.75) is 0 Å². The van der Waals surface area contributed by atoms with Crippen LogP contribution in [0.5, 0.6) is 0 Å².